The minimum absolute atomic E-state index is 0.0308. The number of benzene rings is 1. The number of anilines is 2. The lowest BCUT2D eigenvalue weighted by atomic mass is 10.2. The number of amides is 1. The predicted molar refractivity (Wildman–Crippen MR) is 107 cm³/mol. The molecular weight excluding hydrogens is 432 g/mol. The second kappa shape index (κ2) is 8.28. The Morgan fingerprint density at radius 3 is 2.78 bits per heavy atom. The molecule has 3 rings (SSSR count). The molecule has 0 spiro atoms. The summed E-state index contributed by atoms with van der Waals surface area (Å²) in [7, 11) is 0. The zero-order chi connectivity index (χ0) is 19.4. The van der Waals surface area contributed by atoms with Crippen molar-refractivity contribution in [3.05, 3.63) is 58.0 Å². The van der Waals surface area contributed by atoms with E-state index in [2.05, 4.69) is 31.2 Å². The van der Waals surface area contributed by atoms with E-state index in [4.69, 9.17) is 10.5 Å². The molecule has 0 bridgehead atoms. The van der Waals surface area contributed by atoms with Crippen molar-refractivity contribution in [1.29, 1.82) is 0 Å². The largest absolute Gasteiger partial charge is 0.449 e. The topological polar surface area (TPSA) is 107 Å². The number of carbonyl (C=O) groups is 2. The SMILES string of the molecule is C[C@H](OC(=O)c1cc(Br)cnc1N)C(=O)Nc1nc(-c2ccccc2)cs1. The molecule has 1 aromatic carbocycles. The Labute approximate surface area is 167 Å². The van der Waals surface area contributed by atoms with Crippen LogP contribution >= 0.6 is 27.3 Å². The van der Waals surface area contributed by atoms with Crippen molar-refractivity contribution in [2.45, 2.75) is 13.0 Å². The molecule has 3 N–H and O–H groups in total. The lowest BCUT2D eigenvalue weighted by Crippen LogP contribution is -2.30. The summed E-state index contributed by atoms with van der Waals surface area (Å²) < 4.78 is 5.76. The van der Waals surface area contributed by atoms with Gasteiger partial charge in [-0.3, -0.25) is 10.1 Å². The van der Waals surface area contributed by atoms with Gasteiger partial charge in [0.2, 0.25) is 0 Å². The van der Waals surface area contributed by atoms with E-state index >= 15 is 0 Å². The van der Waals surface area contributed by atoms with Crippen LogP contribution in [0.1, 0.15) is 17.3 Å². The van der Waals surface area contributed by atoms with E-state index in [9.17, 15) is 9.59 Å². The average Bonchev–Trinajstić information content (AvgIpc) is 3.12. The number of carbonyl (C=O) groups excluding carboxylic acids is 2. The third kappa shape index (κ3) is 4.69. The van der Waals surface area contributed by atoms with Gasteiger partial charge in [-0.05, 0) is 28.9 Å². The Kier molecular flexibility index (Phi) is 5.82. The van der Waals surface area contributed by atoms with Crippen molar-refractivity contribution in [3.8, 4) is 11.3 Å². The highest BCUT2D eigenvalue weighted by molar-refractivity contribution is 9.10. The molecule has 2 aromatic heterocycles. The second-order valence-corrected chi connectivity index (χ2v) is 7.30. The van der Waals surface area contributed by atoms with Crippen LogP contribution in [0.4, 0.5) is 10.9 Å². The number of halogens is 1. The number of thiazole rings is 1. The monoisotopic (exact) mass is 446 g/mol. The van der Waals surface area contributed by atoms with Crippen LogP contribution in [0.25, 0.3) is 11.3 Å². The van der Waals surface area contributed by atoms with E-state index in [1.807, 2.05) is 35.7 Å². The summed E-state index contributed by atoms with van der Waals surface area (Å²) >= 11 is 4.50. The minimum Gasteiger partial charge on any atom is -0.449 e. The molecule has 0 aliphatic rings. The molecule has 0 aliphatic heterocycles. The summed E-state index contributed by atoms with van der Waals surface area (Å²) in [6, 6.07) is 11.1. The summed E-state index contributed by atoms with van der Waals surface area (Å²) in [5.41, 5.74) is 7.48. The zero-order valence-corrected chi connectivity index (χ0v) is 16.6. The molecule has 1 atom stereocenters. The molecular formula is C18H15BrN4O3S. The van der Waals surface area contributed by atoms with Crippen LogP contribution in [0.3, 0.4) is 0 Å². The Morgan fingerprint density at radius 2 is 2.04 bits per heavy atom. The van der Waals surface area contributed by atoms with Crippen LogP contribution < -0.4 is 11.1 Å². The lowest BCUT2D eigenvalue weighted by molar-refractivity contribution is -0.123. The number of nitrogens with one attached hydrogen (secondary N) is 1. The fraction of sp³-hybridized carbons (Fsp3) is 0.111. The van der Waals surface area contributed by atoms with Crippen LogP contribution in [0, 0.1) is 0 Å². The number of hydrogen-bond acceptors (Lipinski definition) is 7. The van der Waals surface area contributed by atoms with E-state index in [-0.39, 0.29) is 11.4 Å². The highest BCUT2D eigenvalue weighted by Gasteiger charge is 2.22. The first kappa shape index (κ1) is 19.0. The van der Waals surface area contributed by atoms with Crippen molar-refractivity contribution < 1.29 is 14.3 Å². The van der Waals surface area contributed by atoms with E-state index in [0.29, 0.717) is 9.60 Å². The van der Waals surface area contributed by atoms with E-state index in [0.717, 1.165) is 11.3 Å². The molecule has 0 unspecified atom stereocenters. The van der Waals surface area contributed by atoms with Gasteiger partial charge >= 0.3 is 5.97 Å². The Bertz CT molecular complexity index is 978. The second-order valence-electron chi connectivity index (χ2n) is 5.53. The minimum atomic E-state index is -1.03. The Balaban J connectivity index is 1.63. The molecule has 0 fully saturated rings. The van der Waals surface area contributed by atoms with Gasteiger partial charge in [-0.1, -0.05) is 30.3 Å². The number of rotatable bonds is 5. The Hall–Kier alpha value is -2.78. The molecule has 9 heteroatoms. The standard InChI is InChI=1S/C18H15BrN4O3S/c1-10(26-17(25)13-7-12(19)8-21-15(13)20)16(24)23-18-22-14(9-27-18)11-5-3-2-4-6-11/h2-10H,1H3,(H2,20,21)(H,22,23,24)/t10-/m0/s1. The summed E-state index contributed by atoms with van der Waals surface area (Å²) in [6.45, 7) is 1.47. The van der Waals surface area contributed by atoms with Crippen molar-refractivity contribution >= 4 is 50.1 Å². The van der Waals surface area contributed by atoms with Gasteiger partial charge in [0.15, 0.2) is 11.2 Å². The average molecular weight is 447 g/mol. The normalized spacial score (nSPS) is 11.6. The molecule has 2 heterocycles. The lowest BCUT2D eigenvalue weighted by Gasteiger charge is -2.13. The molecule has 0 aliphatic carbocycles. The first-order valence-corrected chi connectivity index (χ1v) is 9.55. The number of ether oxygens (including phenoxy) is 1. The smallest absolute Gasteiger partial charge is 0.342 e. The maximum Gasteiger partial charge on any atom is 0.342 e. The summed E-state index contributed by atoms with van der Waals surface area (Å²) in [4.78, 5) is 32.8. The molecule has 27 heavy (non-hydrogen) atoms. The summed E-state index contributed by atoms with van der Waals surface area (Å²) in [6.07, 6.45) is 0.439. The third-order valence-electron chi connectivity index (χ3n) is 3.56. The molecule has 1 amide bonds. The van der Waals surface area contributed by atoms with Crippen molar-refractivity contribution in [2.75, 3.05) is 11.1 Å². The number of esters is 1. The fourth-order valence-electron chi connectivity index (χ4n) is 2.17. The van der Waals surface area contributed by atoms with Crippen molar-refractivity contribution in [3.63, 3.8) is 0 Å². The zero-order valence-electron chi connectivity index (χ0n) is 14.2. The van der Waals surface area contributed by atoms with E-state index in [1.165, 1.54) is 30.5 Å². The van der Waals surface area contributed by atoms with Crippen LogP contribution in [0.5, 0.6) is 0 Å². The summed E-state index contributed by atoms with van der Waals surface area (Å²) in [5, 5.41) is 4.91. The molecule has 138 valence electrons. The number of nitrogens with two attached hydrogens (primary N) is 1. The highest BCUT2D eigenvalue weighted by Crippen LogP contribution is 2.25. The molecule has 7 nitrogen and oxygen atoms in total. The van der Waals surface area contributed by atoms with Crippen molar-refractivity contribution in [1.82, 2.24) is 9.97 Å². The van der Waals surface area contributed by atoms with Crippen LogP contribution in [-0.4, -0.2) is 27.9 Å². The van der Waals surface area contributed by atoms with Gasteiger partial charge < -0.3 is 10.5 Å². The predicted octanol–water partition coefficient (Wildman–Crippen LogP) is 3.73. The number of pyridine rings is 1. The molecule has 0 radical (unpaired) electrons. The van der Waals surface area contributed by atoms with Crippen LogP contribution in [0.15, 0.2) is 52.4 Å². The fourth-order valence-corrected chi connectivity index (χ4v) is 3.22. The summed E-state index contributed by atoms with van der Waals surface area (Å²) in [5.74, 6) is -1.19. The molecule has 3 aromatic rings. The number of hydrogen-bond donors (Lipinski definition) is 2. The van der Waals surface area contributed by atoms with Gasteiger partial charge in [0.05, 0.1) is 5.69 Å². The maximum absolute atomic E-state index is 12.3. The number of nitrogen functional groups attached to an aromatic ring is 1. The van der Waals surface area contributed by atoms with Crippen LogP contribution in [-0.2, 0) is 9.53 Å². The van der Waals surface area contributed by atoms with E-state index < -0.39 is 18.0 Å². The first-order chi connectivity index (χ1) is 12.9. The van der Waals surface area contributed by atoms with Gasteiger partial charge in [-0.2, -0.15) is 0 Å². The van der Waals surface area contributed by atoms with Gasteiger partial charge in [0.25, 0.3) is 5.91 Å². The Morgan fingerprint density at radius 1 is 1.30 bits per heavy atom. The quantitative estimate of drug-likeness (QED) is 0.578. The third-order valence-corrected chi connectivity index (χ3v) is 4.75. The van der Waals surface area contributed by atoms with Gasteiger partial charge in [-0.25, -0.2) is 14.8 Å². The number of nitrogens with zero attached hydrogens (tertiary/aromatic N) is 2. The molecule has 0 saturated carbocycles. The van der Waals surface area contributed by atoms with Crippen LogP contribution in [0.2, 0.25) is 0 Å². The highest BCUT2D eigenvalue weighted by atomic mass is 79.9. The van der Waals surface area contributed by atoms with Gasteiger partial charge in [-0.15, -0.1) is 11.3 Å². The van der Waals surface area contributed by atoms with Crippen molar-refractivity contribution in [2.24, 2.45) is 0 Å². The number of aromatic nitrogens is 2. The van der Waals surface area contributed by atoms with E-state index in [1.54, 1.807) is 0 Å². The van der Waals surface area contributed by atoms with Gasteiger partial charge in [0, 0.05) is 21.6 Å². The molecule has 0 saturated heterocycles. The first-order valence-electron chi connectivity index (χ1n) is 7.88. The van der Waals surface area contributed by atoms with Gasteiger partial charge in [0.1, 0.15) is 11.4 Å². The maximum atomic E-state index is 12.3.